The molecule has 0 radical (unpaired) electrons. The van der Waals surface area contributed by atoms with Crippen LogP contribution in [0.25, 0.3) is 0 Å². The smallest absolute Gasteiger partial charge is 0.404 e. The monoisotopic (exact) mass is 236 g/mol. The molecule has 1 aromatic rings. The fourth-order valence-corrected chi connectivity index (χ4v) is 1.63. The Morgan fingerprint density at radius 2 is 2.14 bits per heavy atom. The molecule has 78 valence electrons. The lowest BCUT2D eigenvalue weighted by atomic mass is 10.2. The van der Waals surface area contributed by atoms with Crippen LogP contribution in [0.3, 0.4) is 0 Å². The molecule has 4 nitrogen and oxygen atoms in total. The van der Waals surface area contributed by atoms with Crippen LogP contribution in [0.4, 0.5) is 0 Å². The maximum Gasteiger partial charge on any atom is 0.527 e. The van der Waals surface area contributed by atoms with Gasteiger partial charge in [0.05, 0.1) is 0 Å². The molecule has 0 heterocycles. The lowest BCUT2D eigenvalue weighted by Crippen LogP contribution is -1.95. The highest BCUT2D eigenvalue weighted by molar-refractivity contribution is 7.47. The Bertz CT molecular complexity index is 380. The fraction of sp³-hybridized carbons (Fsp3) is 0.250. The second-order valence-electron chi connectivity index (χ2n) is 2.65. The van der Waals surface area contributed by atoms with Gasteiger partial charge in [0.1, 0.15) is 5.75 Å². The van der Waals surface area contributed by atoms with Gasteiger partial charge < -0.3 is 4.52 Å². The minimum Gasteiger partial charge on any atom is -0.404 e. The van der Waals surface area contributed by atoms with E-state index in [1.807, 2.05) is 0 Å². The number of halogens is 1. The number of hydrogen-bond donors (Lipinski definition) is 1. The zero-order valence-electron chi connectivity index (χ0n) is 7.73. The minimum absolute atomic E-state index is 0.280. The third-order valence-corrected chi connectivity index (χ3v) is 2.71. The van der Waals surface area contributed by atoms with Gasteiger partial charge in [0.2, 0.25) is 0 Å². The Morgan fingerprint density at radius 3 is 2.64 bits per heavy atom. The molecule has 1 N–H and O–H groups in total. The Labute approximate surface area is 87.0 Å². The van der Waals surface area contributed by atoms with Gasteiger partial charge in [-0.3, -0.25) is 9.42 Å². The van der Waals surface area contributed by atoms with E-state index in [0.717, 1.165) is 7.11 Å². The summed E-state index contributed by atoms with van der Waals surface area (Å²) in [7, 11) is -2.88. The van der Waals surface area contributed by atoms with Crippen molar-refractivity contribution in [2.45, 2.75) is 6.92 Å². The second-order valence-corrected chi connectivity index (χ2v) is 4.57. The number of hydrogen-bond acceptors (Lipinski definition) is 3. The number of aryl methyl sites for hydroxylation is 1. The highest BCUT2D eigenvalue weighted by Gasteiger charge is 2.21. The van der Waals surface area contributed by atoms with Gasteiger partial charge >= 0.3 is 7.82 Å². The maximum atomic E-state index is 11.1. The standard InChI is InChI=1S/C8H10ClO4P/c1-6-5-7(9)3-4-8(6)13-14(10,11)12-2/h3-5H,1-2H3,(H,10,11). The van der Waals surface area contributed by atoms with Gasteiger partial charge in [-0.25, -0.2) is 4.57 Å². The van der Waals surface area contributed by atoms with Crippen molar-refractivity contribution in [1.29, 1.82) is 0 Å². The first-order valence-electron chi connectivity index (χ1n) is 3.79. The van der Waals surface area contributed by atoms with E-state index >= 15 is 0 Å². The molecule has 0 spiro atoms. The van der Waals surface area contributed by atoms with Crippen LogP contribution in [0.15, 0.2) is 18.2 Å². The van der Waals surface area contributed by atoms with Crippen molar-refractivity contribution in [3.63, 3.8) is 0 Å². The zero-order valence-corrected chi connectivity index (χ0v) is 9.38. The van der Waals surface area contributed by atoms with Crippen molar-refractivity contribution in [3.05, 3.63) is 28.8 Å². The molecule has 0 aliphatic carbocycles. The predicted octanol–water partition coefficient (Wildman–Crippen LogP) is 2.77. The molecule has 1 unspecified atom stereocenters. The Morgan fingerprint density at radius 1 is 1.50 bits per heavy atom. The first kappa shape index (κ1) is 11.5. The van der Waals surface area contributed by atoms with Crippen LogP contribution in [-0.4, -0.2) is 12.0 Å². The average molecular weight is 237 g/mol. The van der Waals surface area contributed by atoms with Gasteiger partial charge in [-0.2, -0.15) is 0 Å². The summed E-state index contributed by atoms with van der Waals surface area (Å²) in [6.07, 6.45) is 0. The largest absolute Gasteiger partial charge is 0.527 e. The molecule has 0 saturated carbocycles. The highest BCUT2D eigenvalue weighted by Crippen LogP contribution is 2.43. The Kier molecular flexibility index (Phi) is 3.56. The summed E-state index contributed by atoms with van der Waals surface area (Å²) in [6, 6.07) is 4.71. The summed E-state index contributed by atoms with van der Waals surface area (Å²) >= 11 is 5.70. The van der Waals surface area contributed by atoms with Crippen LogP contribution in [0.1, 0.15) is 5.56 Å². The first-order chi connectivity index (χ1) is 6.44. The summed E-state index contributed by atoms with van der Waals surface area (Å²) < 4.78 is 20.1. The van der Waals surface area contributed by atoms with Crippen LogP contribution < -0.4 is 4.52 Å². The van der Waals surface area contributed by atoms with Crippen molar-refractivity contribution >= 4 is 19.4 Å². The van der Waals surface area contributed by atoms with Gasteiger partial charge in [0.15, 0.2) is 0 Å². The molecule has 1 atom stereocenters. The summed E-state index contributed by atoms with van der Waals surface area (Å²) in [5, 5.41) is 0.542. The van der Waals surface area contributed by atoms with Crippen LogP contribution in [0.2, 0.25) is 5.02 Å². The van der Waals surface area contributed by atoms with Crippen LogP contribution >= 0.6 is 19.4 Å². The quantitative estimate of drug-likeness (QED) is 0.820. The molecule has 0 aromatic heterocycles. The van der Waals surface area contributed by atoms with Crippen molar-refractivity contribution in [1.82, 2.24) is 0 Å². The maximum absolute atomic E-state index is 11.1. The second kappa shape index (κ2) is 4.32. The third-order valence-electron chi connectivity index (χ3n) is 1.58. The molecule has 1 aromatic carbocycles. The van der Waals surface area contributed by atoms with Crippen molar-refractivity contribution in [2.75, 3.05) is 7.11 Å². The number of phosphoric acid groups is 1. The van der Waals surface area contributed by atoms with Gasteiger partial charge in [0.25, 0.3) is 0 Å². The highest BCUT2D eigenvalue weighted by atomic mass is 35.5. The molecule has 6 heteroatoms. The van der Waals surface area contributed by atoms with Gasteiger partial charge in [0, 0.05) is 12.1 Å². The summed E-state index contributed by atoms with van der Waals surface area (Å²) in [6.45, 7) is 1.72. The van der Waals surface area contributed by atoms with Crippen LogP contribution in [-0.2, 0) is 9.09 Å². The Balaban J connectivity index is 2.93. The molecular formula is C8H10ClO4P. The molecule has 0 aliphatic heterocycles. The molecule has 1 rings (SSSR count). The van der Waals surface area contributed by atoms with E-state index in [9.17, 15) is 4.57 Å². The topological polar surface area (TPSA) is 55.8 Å². The number of benzene rings is 1. The third kappa shape index (κ3) is 3.00. The molecule has 14 heavy (non-hydrogen) atoms. The van der Waals surface area contributed by atoms with Crippen LogP contribution in [0, 0.1) is 6.92 Å². The summed E-state index contributed by atoms with van der Waals surface area (Å²) in [5.41, 5.74) is 0.670. The van der Waals surface area contributed by atoms with E-state index < -0.39 is 7.82 Å². The lowest BCUT2D eigenvalue weighted by Gasteiger charge is -2.12. The summed E-state index contributed by atoms with van der Waals surface area (Å²) in [5.74, 6) is 0.280. The fourth-order valence-electron chi connectivity index (χ4n) is 0.877. The lowest BCUT2D eigenvalue weighted by molar-refractivity contribution is 0.242. The molecular weight excluding hydrogens is 227 g/mol. The predicted molar refractivity (Wildman–Crippen MR) is 53.7 cm³/mol. The summed E-state index contributed by atoms with van der Waals surface area (Å²) in [4.78, 5) is 9.05. The minimum atomic E-state index is -3.98. The van der Waals surface area contributed by atoms with E-state index in [4.69, 9.17) is 21.0 Å². The molecule has 0 bridgehead atoms. The number of phosphoric ester groups is 1. The zero-order chi connectivity index (χ0) is 10.8. The van der Waals surface area contributed by atoms with E-state index in [1.54, 1.807) is 19.1 Å². The van der Waals surface area contributed by atoms with Crippen LogP contribution in [0.5, 0.6) is 5.75 Å². The average Bonchev–Trinajstić information content (AvgIpc) is 2.10. The molecule has 0 aliphatic rings. The molecule has 0 saturated heterocycles. The SMILES string of the molecule is COP(=O)(O)Oc1ccc(Cl)cc1C. The molecule has 0 amide bonds. The van der Waals surface area contributed by atoms with Gasteiger partial charge in [-0.15, -0.1) is 0 Å². The van der Waals surface area contributed by atoms with Gasteiger partial charge in [-0.05, 0) is 30.7 Å². The Hall–Kier alpha value is -0.540. The van der Waals surface area contributed by atoms with Crippen molar-refractivity contribution < 1.29 is 18.5 Å². The number of rotatable bonds is 3. The van der Waals surface area contributed by atoms with Crippen molar-refractivity contribution in [3.8, 4) is 5.75 Å². The van der Waals surface area contributed by atoms with Crippen molar-refractivity contribution in [2.24, 2.45) is 0 Å². The first-order valence-corrected chi connectivity index (χ1v) is 5.66. The normalized spacial score (nSPS) is 14.9. The molecule has 0 fully saturated rings. The van der Waals surface area contributed by atoms with E-state index in [2.05, 4.69) is 4.52 Å². The van der Waals surface area contributed by atoms with E-state index in [0.29, 0.717) is 10.6 Å². The van der Waals surface area contributed by atoms with Gasteiger partial charge in [-0.1, -0.05) is 11.6 Å². The van der Waals surface area contributed by atoms with E-state index in [-0.39, 0.29) is 5.75 Å². The van der Waals surface area contributed by atoms with E-state index in [1.165, 1.54) is 6.07 Å².